The molecule has 2 N–H and O–H groups in total. The highest BCUT2D eigenvalue weighted by molar-refractivity contribution is 7.90. The second-order valence-electron chi connectivity index (χ2n) is 8.73. The number of carbonyl (C=O) groups is 1. The van der Waals surface area contributed by atoms with Crippen LogP contribution in [0.2, 0.25) is 0 Å². The number of pyridine rings is 1. The zero-order chi connectivity index (χ0) is 26.6. The first-order valence-corrected chi connectivity index (χ1v) is 14.9. The highest BCUT2D eigenvalue weighted by atomic mass is 32.2. The minimum absolute atomic E-state index is 0.106. The molecule has 0 spiro atoms. The maximum atomic E-state index is 13.3. The molecule has 1 aliphatic heterocycles. The normalized spacial score (nSPS) is 15.4. The predicted octanol–water partition coefficient (Wildman–Crippen LogP) is 2.74. The Morgan fingerprint density at radius 2 is 1.84 bits per heavy atom. The monoisotopic (exact) mass is 544 g/mol. The fourth-order valence-electron chi connectivity index (χ4n) is 4.35. The van der Waals surface area contributed by atoms with Crippen molar-refractivity contribution in [1.29, 1.82) is 5.26 Å². The van der Waals surface area contributed by atoms with Crippen LogP contribution in [0.5, 0.6) is 0 Å². The van der Waals surface area contributed by atoms with Gasteiger partial charge in [-0.25, -0.2) is 30.1 Å². The fraction of sp³-hybridized carbons (Fsp3) is 0.375. The standard InChI is InChI=1S/C24H28N6O5S2/c1-2-16-36(32,33)29-13-9-18(10-14-29)27-23-20-11-15-30(37(34,35)19-6-4-3-5-7-19)24(20)26-17-21(23)28-22(31)8-12-25/h3-7,11,15,17-18H,2,8-10,13-14,16H2,1H3,(H,26,27)(H,28,31). The lowest BCUT2D eigenvalue weighted by atomic mass is 10.1. The summed E-state index contributed by atoms with van der Waals surface area (Å²) in [6, 6.07) is 11.3. The Balaban J connectivity index is 1.68. The van der Waals surface area contributed by atoms with Crippen molar-refractivity contribution in [2.24, 2.45) is 0 Å². The van der Waals surface area contributed by atoms with Gasteiger partial charge in [0.1, 0.15) is 6.42 Å². The summed E-state index contributed by atoms with van der Waals surface area (Å²) in [5, 5.41) is 15.4. The van der Waals surface area contributed by atoms with E-state index in [9.17, 15) is 21.6 Å². The molecule has 3 aromatic rings. The van der Waals surface area contributed by atoms with E-state index in [2.05, 4.69) is 15.6 Å². The number of fused-ring (bicyclic) bond motifs is 1. The summed E-state index contributed by atoms with van der Waals surface area (Å²) >= 11 is 0. The van der Waals surface area contributed by atoms with Gasteiger partial charge in [-0.05, 0) is 37.5 Å². The molecule has 1 saturated heterocycles. The van der Waals surface area contributed by atoms with Crippen LogP contribution < -0.4 is 10.6 Å². The van der Waals surface area contributed by atoms with Crippen molar-refractivity contribution in [3.63, 3.8) is 0 Å². The van der Waals surface area contributed by atoms with Crippen molar-refractivity contribution in [3.05, 3.63) is 48.8 Å². The average molecular weight is 545 g/mol. The smallest absolute Gasteiger partial charge is 0.269 e. The van der Waals surface area contributed by atoms with Gasteiger partial charge in [-0.15, -0.1) is 0 Å². The molecule has 0 bridgehead atoms. The van der Waals surface area contributed by atoms with Crippen molar-refractivity contribution >= 4 is 48.4 Å². The highest BCUT2D eigenvalue weighted by Crippen LogP contribution is 2.34. The molecule has 0 radical (unpaired) electrons. The SMILES string of the molecule is CCCS(=O)(=O)N1CCC(Nc2c(NC(=O)CC#N)cnc3c2ccn3S(=O)(=O)c2ccccc2)CC1. The van der Waals surface area contributed by atoms with Crippen LogP contribution in [-0.4, -0.2) is 60.9 Å². The number of aromatic nitrogens is 2. The molecule has 0 atom stereocenters. The van der Waals surface area contributed by atoms with Gasteiger partial charge in [0.2, 0.25) is 15.9 Å². The van der Waals surface area contributed by atoms with E-state index in [1.807, 2.05) is 6.92 Å². The van der Waals surface area contributed by atoms with Crippen molar-refractivity contribution < 1.29 is 21.6 Å². The van der Waals surface area contributed by atoms with Gasteiger partial charge in [-0.2, -0.15) is 5.26 Å². The predicted molar refractivity (Wildman–Crippen MR) is 140 cm³/mol. The van der Waals surface area contributed by atoms with Gasteiger partial charge in [0.05, 0.1) is 34.3 Å². The minimum atomic E-state index is -3.92. The summed E-state index contributed by atoms with van der Waals surface area (Å²) < 4.78 is 54.0. The quantitative estimate of drug-likeness (QED) is 0.417. The van der Waals surface area contributed by atoms with Gasteiger partial charge in [0.25, 0.3) is 10.0 Å². The van der Waals surface area contributed by atoms with Gasteiger partial charge in [0, 0.05) is 30.7 Å². The van der Waals surface area contributed by atoms with Gasteiger partial charge < -0.3 is 10.6 Å². The number of nitrogens with zero attached hydrogens (tertiary/aromatic N) is 4. The van der Waals surface area contributed by atoms with Gasteiger partial charge >= 0.3 is 0 Å². The number of sulfonamides is 1. The summed E-state index contributed by atoms with van der Waals surface area (Å²) in [5.41, 5.74) is 0.949. The van der Waals surface area contributed by atoms with Gasteiger partial charge in [0.15, 0.2) is 5.65 Å². The van der Waals surface area contributed by atoms with Gasteiger partial charge in [-0.1, -0.05) is 25.1 Å². The third-order valence-electron chi connectivity index (χ3n) is 6.15. The lowest BCUT2D eigenvalue weighted by molar-refractivity contribution is -0.115. The zero-order valence-corrected chi connectivity index (χ0v) is 21.9. The number of nitrogens with one attached hydrogen (secondary N) is 2. The lowest BCUT2D eigenvalue weighted by Gasteiger charge is -2.32. The van der Waals surface area contributed by atoms with E-state index in [4.69, 9.17) is 5.26 Å². The molecule has 0 saturated carbocycles. The number of nitriles is 1. The Labute approximate surface area is 216 Å². The first-order chi connectivity index (χ1) is 17.7. The van der Waals surface area contributed by atoms with E-state index < -0.39 is 26.0 Å². The zero-order valence-electron chi connectivity index (χ0n) is 20.3. The molecule has 1 amide bonds. The molecule has 3 heterocycles. The first kappa shape index (κ1) is 26.6. The van der Waals surface area contributed by atoms with Crippen molar-refractivity contribution in [1.82, 2.24) is 13.3 Å². The van der Waals surface area contributed by atoms with Crippen molar-refractivity contribution in [2.45, 2.75) is 43.5 Å². The molecule has 1 aromatic carbocycles. The number of hydrogen-bond donors (Lipinski definition) is 2. The number of hydrogen-bond acceptors (Lipinski definition) is 8. The summed E-state index contributed by atoms with van der Waals surface area (Å²) in [6.45, 7) is 2.54. The maximum Gasteiger partial charge on any atom is 0.269 e. The summed E-state index contributed by atoms with van der Waals surface area (Å²) in [4.78, 5) is 16.6. The average Bonchev–Trinajstić information content (AvgIpc) is 3.32. The first-order valence-electron chi connectivity index (χ1n) is 11.9. The number of benzene rings is 1. The van der Waals surface area contributed by atoms with Crippen molar-refractivity contribution in [2.75, 3.05) is 29.5 Å². The molecule has 2 aromatic heterocycles. The second kappa shape index (κ2) is 10.9. The molecule has 1 fully saturated rings. The number of piperidine rings is 1. The Kier molecular flexibility index (Phi) is 7.82. The molecule has 4 rings (SSSR count). The van der Waals surface area contributed by atoms with Crippen LogP contribution in [0.1, 0.15) is 32.6 Å². The summed E-state index contributed by atoms with van der Waals surface area (Å²) in [5.74, 6) is -0.419. The van der Waals surface area contributed by atoms with E-state index in [0.717, 1.165) is 3.97 Å². The largest absolute Gasteiger partial charge is 0.380 e. The minimum Gasteiger partial charge on any atom is -0.380 e. The van der Waals surface area contributed by atoms with Crippen LogP contribution in [0.3, 0.4) is 0 Å². The van der Waals surface area contributed by atoms with Crippen LogP contribution in [0.15, 0.2) is 53.7 Å². The highest BCUT2D eigenvalue weighted by Gasteiger charge is 2.29. The topological polar surface area (TPSA) is 154 Å². The third-order valence-corrected chi connectivity index (χ3v) is 9.91. The molecule has 0 unspecified atom stereocenters. The van der Waals surface area contributed by atoms with Crippen molar-refractivity contribution in [3.8, 4) is 6.07 Å². The third kappa shape index (κ3) is 5.61. The van der Waals surface area contributed by atoms with Crippen LogP contribution in [0.4, 0.5) is 11.4 Å². The van der Waals surface area contributed by atoms with Crippen LogP contribution >= 0.6 is 0 Å². The molecular formula is C24H28N6O5S2. The lowest BCUT2D eigenvalue weighted by Crippen LogP contribution is -2.43. The summed E-state index contributed by atoms with van der Waals surface area (Å²) in [6.07, 6.45) is 4.02. The van der Waals surface area contributed by atoms with E-state index in [0.29, 0.717) is 49.1 Å². The number of carbonyl (C=O) groups excluding carboxylic acids is 1. The van der Waals surface area contributed by atoms with E-state index in [1.165, 1.54) is 28.8 Å². The van der Waals surface area contributed by atoms with E-state index in [1.54, 1.807) is 30.3 Å². The Morgan fingerprint density at radius 3 is 2.49 bits per heavy atom. The molecule has 0 aliphatic carbocycles. The fourth-order valence-corrected chi connectivity index (χ4v) is 7.21. The number of amides is 1. The summed E-state index contributed by atoms with van der Waals surface area (Å²) in [7, 11) is -7.22. The van der Waals surface area contributed by atoms with Gasteiger partial charge in [-0.3, -0.25) is 4.79 Å². The maximum absolute atomic E-state index is 13.3. The molecular weight excluding hydrogens is 516 g/mol. The molecule has 13 heteroatoms. The Bertz CT molecular complexity index is 1540. The van der Waals surface area contributed by atoms with Crippen LogP contribution in [0.25, 0.3) is 11.0 Å². The van der Waals surface area contributed by atoms with E-state index in [-0.39, 0.29) is 28.8 Å². The molecule has 11 nitrogen and oxygen atoms in total. The van der Waals surface area contributed by atoms with Crippen LogP contribution in [-0.2, 0) is 24.8 Å². The molecule has 1 aliphatic rings. The Hall–Kier alpha value is -3.47. The van der Waals surface area contributed by atoms with Crippen LogP contribution in [0, 0.1) is 11.3 Å². The number of anilines is 2. The second-order valence-corrected chi connectivity index (χ2v) is 12.6. The Morgan fingerprint density at radius 1 is 1.14 bits per heavy atom. The van der Waals surface area contributed by atoms with E-state index >= 15 is 0 Å². The molecule has 196 valence electrons. The molecule has 37 heavy (non-hydrogen) atoms. The number of rotatable bonds is 9.